The Morgan fingerprint density at radius 2 is 2.17 bits per heavy atom. The van der Waals surface area contributed by atoms with E-state index in [0.717, 1.165) is 50.8 Å². The van der Waals surface area contributed by atoms with E-state index >= 15 is 0 Å². The van der Waals surface area contributed by atoms with Gasteiger partial charge in [-0.25, -0.2) is 9.97 Å². The minimum Gasteiger partial charge on any atom is -0.379 e. The molecule has 23 heavy (non-hydrogen) atoms. The van der Waals surface area contributed by atoms with Gasteiger partial charge >= 0.3 is 0 Å². The fraction of sp³-hybridized carbons (Fsp3) is 0.529. The van der Waals surface area contributed by atoms with Crippen LogP contribution in [0.1, 0.15) is 23.5 Å². The van der Waals surface area contributed by atoms with Gasteiger partial charge in [-0.05, 0) is 17.9 Å². The molecular formula is C17H24N4OS. The number of rotatable bonds is 6. The van der Waals surface area contributed by atoms with Crippen LogP contribution in [0.4, 0.5) is 5.82 Å². The maximum absolute atomic E-state index is 5.51. The summed E-state index contributed by atoms with van der Waals surface area (Å²) >= 11 is 1.83. The summed E-state index contributed by atoms with van der Waals surface area (Å²) in [6, 6.07) is 6.83. The van der Waals surface area contributed by atoms with E-state index < -0.39 is 0 Å². The third-order valence-electron chi connectivity index (χ3n) is 4.27. The van der Waals surface area contributed by atoms with Crippen LogP contribution in [0.5, 0.6) is 0 Å². The third-order valence-corrected chi connectivity index (χ3v) is 5.24. The van der Waals surface area contributed by atoms with Gasteiger partial charge in [0.1, 0.15) is 12.1 Å². The van der Waals surface area contributed by atoms with Gasteiger partial charge < -0.3 is 9.64 Å². The molecule has 1 aliphatic heterocycles. The maximum Gasteiger partial charge on any atom is 0.131 e. The molecule has 5 nitrogen and oxygen atoms in total. The zero-order valence-corrected chi connectivity index (χ0v) is 14.6. The number of hydrogen-bond donors (Lipinski definition) is 0. The fourth-order valence-corrected chi connectivity index (χ4v) is 3.75. The van der Waals surface area contributed by atoms with E-state index in [1.165, 1.54) is 4.88 Å². The highest BCUT2D eigenvalue weighted by atomic mass is 32.1. The van der Waals surface area contributed by atoms with Gasteiger partial charge in [0, 0.05) is 43.3 Å². The van der Waals surface area contributed by atoms with Crippen molar-refractivity contribution >= 4 is 17.2 Å². The van der Waals surface area contributed by atoms with E-state index in [2.05, 4.69) is 57.3 Å². The lowest BCUT2D eigenvalue weighted by Crippen LogP contribution is -2.43. The highest BCUT2D eigenvalue weighted by Gasteiger charge is 2.25. The molecular weight excluding hydrogens is 308 g/mol. The Bertz CT molecular complexity index is 598. The van der Waals surface area contributed by atoms with Crippen molar-refractivity contribution in [3.63, 3.8) is 0 Å². The van der Waals surface area contributed by atoms with Crippen molar-refractivity contribution < 1.29 is 4.74 Å². The van der Waals surface area contributed by atoms with Gasteiger partial charge in [0.2, 0.25) is 0 Å². The van der Waals surface area contributed by atoms with Crippen LogP contribution in [0.2, 0.25) is 0 Å². The SMILES string of the molecule is CCc1cc(N(C)C[C@@H](c2cccs2)N2CCOCC2)ncn1. The Morgan fingerprint density at radius 1 is 1.35 bits per heavy atom. The number of nitrogens with zero attached hydrogens (tertiary/aromatic N) is 4. The van der Waals surface area contributed by atoms with Gasteiger partial charge in [0.05, 0.1) is 19.3 Å². The summed E-state index contributed by atoms with van der Waals surface area (Å²) in [6.45, 7) is 6.65. The second-order valence-corrected chi connectivity index (χ2v) is 6.76. The number of anilines is 1. The molecule has 3 heterocycles. The molecule has 0 aromatic carbocycles. The van der Waals surface area contributed by atoms with Crippen LogP contribution in [0, 0.1) is 0 Å². The number of aryl methyl sites for hydroxylation is 1. The monoisotopic (exact) mass is 332 g/mol. The number of thiophene rings is 1. The van der Waals surface area contributed by atoms with Crippen LogP contribution in [-0.4, -0.2) is 54.8 Å². The Hall–Kier alpha value is -1.50. The highest BCUT2D eigenvalue weighted by molar-refractivity contribution is 7.10. The second-order valence-electron chi connectivity index (χ2n) is 5.78. The Morgan fingerprint density at radius 3 is 2.87 bits per heavy atom. The largest absolute Gasteiger partial charge is 0.379 e. The summed E-state index contributed by atoms with van der Waals surface area (Å²) < 4.78 is 5.51. The first kappa shape index (κ1) is 16.4. The van der Waals surface area contributed by atoms with E-state index in [9.17, 15) is 0 Å². The maximum atomic E-state index is 5.51. The topological polar surface area (TPSA) is 41.5 Å². The van der Waals surface area contributed by atoms with Crippen molar-refractivity contribution in [1.29, 1.82) is 0 Å². The van der Waals surface area contributed by atoms with Crippen molar-refractivity contribution in [1.82, 2.24) is 14.9 Å². The number of hydrogen-bond acceptors (Lipinski definition) is 6. The molecule has 0 unspecified atom stereocenters. The first-order valence-electron chi connectivity index (χ1n) is 8.15. The van der Waals surface area contributed by atoms with Crippen LogP contribution in [0.25, 0.3) is 0 Å². The molecule has 0 radical (unpaired) electrons. The van der Waals surface area contributed by atoms with Crippen molar-refractivity contribution in [2.75, 3.05) is 44.8 Å². The molecule has 0 bridgehead atoms. The summed E-state index contributed by atoms with van der Waals surface area (Å²) in [7, 11) is 2.11. The molecule has 0 spiro atoms. The lowest BCUT2D eigenvalue weighted by Gasteiger charge is -2.36. The van der Waals surface area contributed by atoms with Gasteiger partial charge in [-0.3, -0.25) is 4.90 Å². The van der Waals surface area contributed by atoms with E-state index in [1.54, 1.807) is 6.33 Å². The predicted octanol–water partition coefficient (Wildman–Crippen LogP) is 2.61. The lowest BCUT2D eigenvalue weighted by atomic mass is 10.1. The number of ether oxygens (including phenoxy) is 1. The lowest BCUT2D eigenvalue weighted by molar-refractivity contribution is 0.0183. The second kappa shape index (κ2) is 7.86. The van der Waals surface area contributed by atoms with Gasteiger partial charge in [-0.2, -0.15) is 0 Å². The molecule has 124 valence electrons. The summed E-state index contributed by atoms with van der Waals surface area (Å²) in [5.74, 6) is 0.992. The minimum atomic E-state index is 0.379. The van der Waals surface area contributed by atoms with Crippen molar-refractivity contribution in [2.45, 2.75) is 19.4 Å². The van der Waals surface area contributed by atoms with Crippen molar-refractivity contribution in [3.05, 3.63) is 40.5 Å². The van der Waals surface area contributed by atoms with Crippen LogP contribution in [0.3, 0.4) is 0 Å². The number of aromatic nitrogens is 2. The van der Waals surface area contributed by atoms with Crippen LogP contribution in [-0.2, 0) is 11.2 Å². The first-order valence-corrected chi connectivity index (χ1v) is 9.03. The third kappa shape index (κ3) is 4.07. The van der Waals surface area contributed by atoms with Crippen LogP contribution >= 0.6 is 11.3 Å². The molecule has 2 aromatic heterocycles. The summed E-state index contributed by atoms with van der Waals surface area (Å²) in [5, 5.41) is 2.16. The Labute approximate surface area is 141 Å². The van der Waals surface area contributed by atoms with E-state index in [4.69, 9.17) is 4.74 Å². The molecule has 6 heteroatoms. The minimum absolute atomic E-state index is 0.379. The zero-order chi connectivity index (χ0) is 16.1. The standard InChI is InChI=1S/C17H24N4OS/c1-3-14-11-17(19-13-18-14)20(2)12-15(16-5-4-10-23-16)21-6-8-22-9-7-21/h4-5,10-11,13,15H,3,6-9,12H2,1-2H3/t15-/m0/s1. The van der Waals surface area contributed by atoms with Crippen molar-refractivity contribution in [2.24, 2.45) is 0 Å². The van der Waals surface area contributed by atoms with Gasteiger partial charge in [-0.1, -0.05) is 13.0 Å². The van der Waals surface area contributed by atoms with Gasteiger partial charge in [-0.15, -0.1) is 11.3 Å². The highest BCUT2D eigenvalue weighted by Crippen LogP contribution is 2.27. The summed E-state index contributed by atoms with van der Waals surface area (Å²) in [4.78, 5) is 14.9. The Balaban J connectivity index is 1.77. The quantitative estimate of drug-likeness (QED) is 0.813. The smallest absolute Gasteiger partial charge is 0.131 e. The van der Waals surface area contributed by atoms with E-state index in [0.29, 0.717) is 6.04 Å². The molecule has 0 aliphatic carbocycles. The molecule has 0 amide bonds. The number of likely N-dealkylation sites (N-methyl/N-ethyl adjacent to an activating group) is 1. The molecule has 0 saturated carbocycles. The average Bonchev–Trinajstić information content (AvgIpc) is 3.14. The number of morpholine rings is 1. The predicted molar refractivity (Wildman–Crippen MR) is 94.1 cm³/mol. The molecule has 0 N–H and O–H groups in total. The molecule has 2 aromatic rings. The first-order chi connectivity index (χ1) is 11.3. The summed E-state index contributed by atoms with van der Waals surface area (Å²) in [5.41, 5.74) is 1.08. The van der Waals surface area contributed by atoms with Gasteiger partial charge in [0.25, 0.3) is 0 Å². The average molecular weight is 332 g/mol. The van der Waals surface area contributed by atoms with E-state index in [-0.39, 0.29) is 0 Å². The molecule has 1 fully saturated rings. The van der Waals surface area contributed by atoms with E-state index in [1.807, 2.05) is 11.3 Å². The molecule has 1 atom stereocenters. The zero-order valence-electron chi connectivity index (χ0n) is 13.8. The summed E-state index contributed by atoms with van der Waals surface area (Å²) in [6.07, 6.45) is 2.60. The normalized spacial score (nSPS) is 17.1. The van der Waals surface area contributed by atoms with Gasteiger partial charge in [0.15, 0.2) is 0 Å². The van der Waals surface area contributed by atoms with Crippen LogP contribution < -0.4 is 4.90 Å². The van der Waals surface area contributed by atoms with Crippen molar-refractivity contribution in [3.8, 4) is 0 Å². The molecule has 1 saturated heterocycles. The Kier molecular flexibility index (Phi) is 5.59. The molecule has 3 rings (SSSR count). The molecule has 1 aliphatic rings. The van der Waals surface area contributed by atoms with Crippen LogP contribution in [0.15, 0.2) is 29.9 Å². The fourth-order valence-electron chi connectivity index (χ4n) is 2.90.